The van der Waals surface area contributed by atoms with Crippen LogP contribution in [0.1, 0.15) is 80.1 Å². The van der Waals surface area contributed by atoms with Gasteiger partial charge in [0.2, 0.25) is 0 Å². The molecule has 3 aliphatic rings. The highest BCUT2D eigenvalue weighted by Crippen LogP contribution is 2.41. The lowest BCUT2D eigenvalue weighted by atomic mass is 9.83. The Morgan fingerprint density at radius 3 is 2.55 bits per heavy atom. The Kier molecular flexibility index (Phi) is 6.45. The second-order valence-electron chi connectivity index (χ2n) is 12.0. The molecule has 0 bridgehead atoms. The van der Waals surface area contributed by atoms with Crippen molar-refractivity contribution in [2.45, 2.75) is 87.7 Å². The second-order valence-corrected chi connectivity index (χ2v) is 14.0. The summed E-state index contributed by atoms with van der Waals surface area (Å²) in [4.78, 5) is 19.9. The van der Waals surface area contributed by atoms with Crippen molar-refractivity contribution in [1.82, 2.24) is 24.8 Å². The van der Waals surface area contributed by atoms with E-state index >= 15 is 0 Å². The molecular weight excluding hydrogens is 532 g/mol. The van der Waals surface area contributed by atoms with Gasteiger partial charge in [-0.25, -0.2) is 17.9 Å². The van der Waals surface area contributed by atoms with Crippen molar-refractivity contribution < 1.29 is 23.4 Å². The number of fused-ring (bicyclic) bond motifs is 2. The molecule has 2 aromatic heterocycles. The summed E-state index contributed by atoms with van der Waals surface area (Å²) in [5.74, 6) is 0.346. The SMILES string of the molecule is C[C@@H](C1CC1)N1Cc2cc(-c3ccn4nc(N)c(C(O)NC5CCC(C)(O)CC5)c4n3)cc(S(C)(=O)=O)c2C1=O. The summed E-state index contributed by atoms with van der Waals surface area (Å²) in [5.41, 5.74) is 8.14. The first-order valence-corrected chi connectivity index (χ1v) is 15.7. The normalized spacial score (nSPS) is 24.9. The summed E-state index contributed by atoms with van der Waals surface area (Å²) in [6.45, 7) is 4.20. The second kappa shape index (κ2) is 9.51. The van der Waals surface area contributed by atoms with Crippen LogP contribution < -0.4 is 11.1 Å². The van der Waals surface area contributed by atoms with Crippen LogP contribution in [-0.4, -0.2) is 68.0 Å². The summed E-state index contributed by atoms with van der Waals surface area (Å²) in [6, 6.07) is 5.11. The summed E-state index contributed by atoms with van der Waals surface area (Å²) in [7, 11) is -3.71. The molecule has 214 valence electrons. The van der Waals surface area contributed by atoms with Crippen LogP contribution in [0, 0.1) is 5.92 Å². The molecule has 11 nitrogen and oxygen atoms in total. The number of carbonyl (C=O) groups excluding carboxylic acids is 1. The standard InChI is InChI=1S/C28H36N6O5S/c1-15(16-4-5-16)33-14-18-12-17(13-21(40(3,38)39)22(18)27(33)36)20-8-11-34-25(31-20)23(24(29)32-34)26(35)30-19-6-9-28(2,37)10-7-19/h8,11-13,15-16,19,26,30,35,37H,4-7,9-10,14H2,1-3H3,(H2,29,32)/t15-,19?,26?,28?/m0/s1. The third kappa shape index (κ3) is 4.87. The predicted molar refractivity (Wildman–Crippen MR) is 149 cm³/mol. The van der Waals surface area contributed by atoms with Gasteiger partial charge in [-0.05, 0) is 82.1 Å². The lowest BCUT2D eigenvalue weighted by molar-refractivity contribution is 0.00515. The number of aliphatic hydroxyl groups excluding tert-OH is 1. The van der Waals surface area contributed by atoms with Crippen molar-refractivity contribution in [1.29, 1.82) is 0 Å². The quantitative estimate of drug-likeness (QED) is 0.313. The van der Waals surface area contributed by atoms with Gasteiger partial charge < -0.3 is 20.8 Å². The van der Waals surface area contributed by atoms with E-state index in [9.17, 15) is 23.4 Å². The van der Waals surface area contributed by atoms with E-state index in [1.54, 1.807) is 17.2 Å². The number of benzene rings is 1. The number of amides is 1. The number of carbonyl (C=O) groups is 1. The van der Waals surface area contributed by atoms with Crippen LogP contribution in [0.15, 0.2) is 29.3 Å². The molecule has 1 aliphatic heterocycles. The number of nitrogens with one attached hydrogen (secondary N) is 1. The molecule has 2 aliphatic carbocycles. The van der Waals surface area contributed by atoms with Gasteiger partial charge >= 0.3 is 0 Å². The average molecular weight is 569 g/mol. The fraction of sp³-hybridized carbons (Fsp3) is 0.536. The molecule has 2 saturated carbocycles. The van der Waals surface area contributed by atoms with Gasteiger partial charge in [-0.3, -0.25) is 10.1 Å². The molecule has 1 unspecified atom stereocenters. The van der Waals surface area contributed by atoms with Crippen LogP contribution in [0.5, 0.6) is 0 Å². The molecule has 0 radical (unpaired) electrons. The highest BCUT2D eigenvalue weighted by molar-refractivity contribution is 7.90. The highest BCUT2D eigenvalue weighted by atomic mass is 32.2. The van der Waals surface area contributed by atoms with Crippen LogP contribution in [0.25, 0.3) is 16.9 Å². The van der Waals surface area contributed by atoms with Crippen molar-refractivity contribution in [3.05, 3.63) is 41.1 Å². The number of hydrogen-bond acceptors (Lipinski definition) is 9. The van der Waals surface area contributed by atoms with E-state index in [1.165, 1.54) is 10.6 Å². The maximum atomic E-state index is 13.4. The lowest BCUT2D eigenvalue weighted by Gasteiger charge is -2.34. The minimum Gasteiger partial charge on any atom is -0.390 e. The van der Waals surface area contributed by atoms with Crippen molar-refractivity contribution in [3.63, 3.8) is 0 Å². The van der Waals surface area contributed by atoms with Crippen LogP contribution in [-0.2, 0) is 16.4 Å². The van der Waals surface area contributed by atoms with E-state index in [1.807, 2.05) is 19.9 Å². The first-order chi connectivity index (χ1) is 18.8. The van der Waals surface area contributed by atoms with Gasteiger partial charge in [0, 0.05) is 36.6 Å². The molecule has 6 rings (SSSR count). The Morgan fingerprint density at radius 1 is 1.20 bits per heavy atom. The largest absolute Gasteiger partial charge is 0.390 e. The minimum absolute atomic E-state index is 0.000277. The Morgan fingerprint density at radius 2 is 1.90 bits per heavy atom. The van der Waals surface area contributed by atoms with Gasteiger partial charge in [0.25, 0.3) is 5.91 Å². The number of aromatic nitrogens is 3. The van der Waals surface area contributed by atoms with Gasteiger partial charge in [-0.2, -0.15) is 0 Å². The zero-order chi connectivity index (χ0) is 28.6. The van der Waals surface area contributed by atoms with Crippen molar-refractivity contribution in [2.75, 3.05) is 12.0 Å². The first kappa shape index (κ1) is 27.1. The number of aliphatic hydroxyl groups is 2. The van der Waals surface area contributed by atoms with Crippen LogP contribution in [0.4, 0.5) is 5.82 Å². The fourth-order valence-corrected chi connectivity index (χ4v) is 7.07. The van der Waals surface area contributed by atoms with Crippen molar-refractivity contribution in [3.8, 4) is 11.3 Å². The molecule has 3 aromatic rings. The van der Waals surface area contributed by atoms with E-state index < -0.39 is 21.7 Å². The summed E-state index contributed by atoms with van der Waals surface area (Å²) >= 11 is 0. The Hall–Kier alpha value is -3.06. The van der Waals surface area contributed by atoms with E-state index in [-0.39, 0.29) is 34.3 Å². The number of rotatable bonds is 7. The van der Waals surface area contributed by atoms with Crippen molar-refractivity contribution >= 4 is 27.2 Å². The molecule has 1 aromatic carbocycles. The molecule has 2 atom stereocenters. The van der Waals surface area contributed by atoms with E-state index in [2.05, 4.69) is 10.4 Å². The molecule has 2 fully saturated rings. The fourth-order valence-electron chi connectivity index (χ4n) is 6.14. The smallest absolute Gasteiger partial charge is 0.256 e. The topological polar surface area (TPSA) is 163 Å². The van der Waals surface area contributed by atoms with Gasteiger partial charge in [-0.15, -0.1) is 5.10 Å². The third-order valence-corrected chi connectivity index (χ3v) is 9.89. The molecular formula is C28H36N6O5S. The maximum Gasteiger partial charge on any atom is 0.256 e. The van der Waals surface area contributed by atoms with Gasteiger partial charge in [0.05, 0.1) is 27.3 Å². The van der Waals surface area contributed by atoms with Gasteiger partial charge in [-0.1, -0.05) is 0 Å². The molecule has 1 amide bonds. The third-order valence-electron chi connectivity index (χ3n) is 8.77. The number of anilines is 1. The molecule has 12 heteroatoms. The van der Waals surface area contributed by atoms with E-state index in [4.69, 9.17) is 10.7 Å². The Bertz CT molecular complexity index is 1600. The number of sulfone groups is 1. The molecule has 0 spiro atoms. The van der Waals surface area contributed by atoms with E-state index in [0.717, 1.165) is 19.1 Å². The van der Waals surface area contributed by atoms with Gasteiger partial charge in [0.1, 0.15) is 6.23 Å². The molecule has 0 saturated heterocycles. The molecule has 40 heavy (non-hydrogen) atoms. The average Bonchev–Trinajstić information content (AvgIpc) is 3.61. The molecule has 3 heterocycles. The number of nitrogen functional groups attached to an aromatic ring is 1. The Balaban J connectivity index is 1.36. The summed E-state index contributed by atoms with van der Waals surface area (Å²) in [5, 5.41) is 28.9. The zero-order valence-electron chi connectivity index (χ0n) is 23.0. The summed E-state index contributed by atoms with van der Waals surface area (Å²) in [6.07, 6.45) is 6.49. The monoisotopic (exact) mass is 568 g/mol. The van der Waals surface area contributed by atoms with E-state index in [0.29, 0.717) is 66.2 Å². The van der Waals surface area contributed by atoms with Crippen LogP contribution >= 0.6 is 0 Å². The summed E-state index contributed by atoms with van der Waals surface area (Å²) < 4.78 is 27.2. The van der Waals surface area contributed by atoms with Crippen LogP contribution in [0.2, 0.25) is 0 Å². The molecule has 5 N–H and O–H groups in total. The number of nitrogens with zero attached hydrogens (tertiary/aromatic N) is 4. The number of nitrogens with two attached hydrogens (primary N) is 1. The zero-order valence-corrected chi connectivity index (χ0v) is 23.8. The van der Waals surface area contributed by atoms with Crippen LogP contribution in [0.3, 0.4) is 0 Å². The lowest BCUT2D eigenvalue weighted by Crippen LogP contribution is -2.41. The van der Waals surface area contributed by atoms with Gasteiger partial charge in [0.15, 0.2) is 21.3 Å². The first-order valence-electron chi connectivity index (χ1n) is 13.8. The van der Waals surface area contributed by atoms with Crippen molar-refractivity contribution in [2.24, 2.45) is 5.92 Å². The Labute approximate surface area is 233 Å². The number of hydrogen-bond donors (Lipinski definition) is 4. The predicted octanol–water partition coefficient (Wildman–Crippen LogP) is 2.41. The maximum absolute atomic E-state index is 13.4. The minimum atomic E-state index is -3.71. The highest BCUT2D eigenvalue weighted by Gasteiger charge is 2.41.